The molecule has 1 amide bonds. The molecule has 0 aliphatic carbocycles. The molecule has 1 aromatic carbocycles. The molecule has 0 atom stereocenters. The maximum Gasteiger partial charge on any atom is 0.350 e. The Bertz CT molecular complexity index is 678. The Labute approximate surface area is 126 Å². The lowest BCUT2D eigenvalue weighted by atomic mass is 10.1. The van der Waals surface area contributed by atoms with Gasteiger partial charge >= 0.3 is 5.97 Å². The smallest absolute Gasteiger partial charge is 0.350 e. The van der Waals surface area contributed by atoms with Crippen molar-refractivity contribution in [3.63, 3.8) is 0 Å². The molecule has 21 heavy (non-hydrogen) atoms. The number of anilines is 1. The van der Waals surface area contributed by atoms with E-state index in [1.54, 1.807) is 30.5 Å². The Morgan fingerprint density at radius 1 is 1.33 bits per heavy atom. The number of amides is 1. The topological polar surface area (TPSA) is 75.6 Å². The molecule has 0 saturated heterocycles. The number of carbonyl (C=O) groups is 2. The number of hydrogen-bond donors (Lipinski definition) is 2. The fourth-order valence-electron chi connectivity index (χ4n) is 1.86. The van der Waals surface area contributed by atoms with Gasteiger partial charge in [-0.1, -0.05) is 18.2 Å². The Morgan fingerprint density at radius 3 is 2.71 bits per heavy atom. The van der Waals surface area contributed by atoms with E-state index in [1.165, 1.54) is 24.5 Å². The van der Waals surface area contributed by atoms with Crippen LogP contribution in [0, 0.1) is 6.92 Å². The van der Waals surface area contributed by atoms with E-state index >= 15 is 0 Å². The number of aryl methyl sites for hydroxylation is 1. The predicted molar refractivity (Wildman–Crippen MR) is 80.8 cm³/mol. The van der Waals surface area contributed by atoms with E-state index in [0.29, 0.717) is 16.1 Å². The van der Waals surface area contributed by atoms with E-state index in [0.717, 1.165) is 5.56 Å². The summed E-state index contributed by atoms with van der Waals surface area (Å²) in [6.45, 7) is 1.80. The van der Waals surface area contributed by atoms with Crippen LogP contribution in [0.1, 0.15) is 20.8 Å². The van der Waals surface area contributed by atoms with Gasteiger partial charge in [0.15, 0.2) is 0 Å². The van der Waals surface area contributed by atoms with Crippen molar-refractivity contribution in [2.45, 2.75) is 13.3 Å². The molecule has 2 N–H and O–H groups in total. The van der Waals surface area contributed by atoms with Gasteiger partial charge in [-0.2, -0.15) is 0 Å². The largest absolute Gasteiger partial charge is 0.508 e. The zero-order valence-electron chi connectivity index (χ0n) is 11.7. The molecule has 6 heteroatoms. The Hall–Kier alpha value is -2.34. The van der Waals surface area contributed by atoms with E-state index < -0.39 is 5.97 Å². The van der Waals surface area contributed by atoms with Gasteiger partial charge in [0.1, 0.15) is 10.6 Å². The van der Waals surface area contributed by atoms with Gasteiger partial charge in [0.25, 0.3) is 0 Å². The van der Waals surface area contributed by atoms with Gasteiger partial charge in [-0.3, -0.25) is 4.79 Å². The van der Waals surface area contributed by atoms with Gasteiger partial charge in [0, 0.05) is 5.56 Å². The van der Waals surface area contributed by atoms with Crippen LogP contribution in [0.15, 0.2) is 29.6 Å². The summed E-state index contributed by atoms with van der Waals surface area (Å²) in [6, 6.07) is 6.64. The molecular weight excluding hydrogens is 290 g/mol. The molecule has 110 valence electrons. The number of rotatable bonds is 4. The minimum atomic E-state index is -0.481. The molecule has 0 spiro atoms. The van der Waals surface area contributed by atoms with Crippen molar-refractivity contribution in [1.82, 2.24) is 0 Å². The van der Waals surface area contributed by atoms with Crippen molar-refractivity contribution in [1.29, 1.82) is 0 Å². The second-order valence-corrected chi connectivity index (χ2v) is 5.35. The Morgan fingerprint density at radius 2 is 2.05 bits per heavy atom. The highest BCUT2D eigenvalue weighted by Gasteiger charge is 2.19. The van der Waals surface area contributed by atoms with Gasteiger partial charge in [-0.15, -0.1) is 11.3 Å². The Kier molecular flexibility index (Phi) is 4.59. The monoisotopic (exact) mass is 305 g/mol. The number of phenolic OH excluding ortho intramolecular Hbond substituents is 1. The third kappa shape index (κ3) is 3.41. The standard InChI is InChI=1S/C15H15NO4S/c1-9-8-21-14(15(19)20-2)13(9)16-12(18)7-10-5-3-4-6-11(10)17/h3-6,8,17H,7H2,1-2H3,(H,16,18). The molecule has 0 aliphatic rings. The van der Waals surface area contributed by atoms with E-state index in [9.17, 15) is 14.7 Å². The lowest BCUT2D eigenvalue weighted by Crippen LogP contribution is -2.16. The summed E-state index contributed by atoms with van der Waals surface area (Å²) in [5.74, 6) is -0.711. The first-order chi connectivity index (χ1) is 10.0. The van der Waals surface area contributed by atoms with E-state index in [2.05, 4.69) is 10.1 Å². The first kappa shape index (κ1) is 15.1. The van der Waals surface area contributed by atoms with Gasteiger partial charge in [0.2, 0.25) is 5.91 Å². The number of methoxy groups -OCH3 is 1. The maximum absolute atomic E-state index is 12.1. The van der Waals surface area contributed by atoms with Crippen LogP contribution in [0.25, 0.3) is 0 Å². The number of ether oxygens (including phenoxy) is 1. The molecule has 1 aromatic heterocycles. The summed E-state index contributed by atoms with van der Waals surface area (Å²) in [7, 11) is 1.30. The number of para-hydroxylation sites is 1. The summed E-state index contributed by atoms with van der Waals surface area (Å²) < 4.78 is 4.69. The van der Waals surface area contributed by atoms with Crippen molar-refractivity contribution >= 4 is 28.9 Å². The summed E-state index contributed by atoms with van der Waals surface area (Å²) in [4.78, 5) is 24.1. The second kappa shape index (κ2) is 6.41. The predicted octanol–water partition coefficient (Wildman–Crippen LogP) is 2.73. The number of carbonyl (C=O) groups excluding carboxylic acids is 2. The molecule has 0 fully saturated rings. The second-order valence-electron chi connectivity index (χ2n) is 4.47. The molecular formula is C15H15NO4S. The molecule has 0 bridgehead atoms. The average Bonchev–Trinajstić information content (AvgIpc) is 2.82. The summed E-state index contributed by atoms with van der Waals surface area (Å²) in [5.41, 5.74) is 1.79. The molecule has 1 heterocycles. The zero-order valence-corrected chi connectivity index (χ0v) is 12.5. The summed E-state index contributed by atoms with van der Waals surface area (Å²) >= 11 is 1.22. The third-order valence-electron chi connectivity index (χ3n) is 2.95. The SMILES string of the molecule is COC(=O)c1scc(C)c1NC(=O)Cc1ccccc1O. The van der Waals surface area contributed by atoms with Crippen molar-refractivity contribution in [3.8, 4) is 5.75 Å². The fraction of sp³-hybridized carbons (Fsp3) is 0.200. The third-order valence-corrected chi connectivity index (χ3v) is 4.03. The van der Waals surface area contributed by atoms with Crippen LogP contribution in [0.2, 0.25) is 0 Å². The van der Waals surface area contributed by atoms with Gasteiger partial charge in [-0.25, -0.2) is 4.79 Å². The van der Waals surface area contributed by atoms with Crippen LogP contribution in [0.5, 0.6) is 5.75 Å². The molecule has 0 aliphatic heterocycles. The number of phenols is 1. The van der Waals surface area contributed by atoms with Crippen LogP contribution < -0.4 is 5.32 Å². The van der Waals surface area contributed by atoms with Crippen LogP contribution in [-0.4, -0.2) is 24.1 Å². The summed E-state index contributed by atoms with van der Waals surface area (Å²) in [5, 5.41) is 14.2. The lowest BCUT2D eigenvalue weighted by molar-refractivity contribution is -0.115. The highest BCUT2D eigenvalue weighted by Crippen LogP contribution is 2.28. The molecule has 0 radical (unpaired) electrons. The number of hydrogen-bond acceptors (Lipinski definition) is 5. The molecule has 0 saturated carbocycles. The molecule has 2 rings (SSSR count). The minimum absolute atomic E-state index is 0.0303. The normalized spacial score (nSPS) is 10.2. The zero-order chi connectivity index (χ0) is 15.4. The highest BCUT2D eigenvalue weighted by molar-refractivity contribution is 7.12. The van der Waals surface area contributed by atoms with E-state index in [1.807, 2.05) is 0 Å². The fourth-order valence-corrected chi connectivity index (χ4v) is 2.78. The average molecular weight is 305 g/mol. The Balaban J connectivity index is 2.15. The number of aromatic hydroxyl groups is 1. The van der Waals surface area contributed by atoms with Gasteiger partial charge in [-0.05, 0) is 23.9 Å². The van der Waals surface area contributed by atoms with Crippen LogP contribution in [0.3, 0.4) is 0 Å². The first-order valence-electron chi connectivity index (χ1n) is 6.26. The maximum atomic E-state index is 12.1. The van der Waals surface area contributed by atoms with Crippen molar-refractivity contribution in [2.24, 2.45) is 0 Å². The van der Waals surface area contributed by atoms with Crippen molar-refractivity contribution in [2.75, 3.05) is 12.4 Å². The quantitative estimate of drug-likeness (QED) is 0.852. The van der Waals surface area contributed by atoms with E-state index in [-0.39, 0.29) is 18.1 Å². The minimum Gasteiger partial charge on any atom is -0.508 e. The van der Waals surface area contributed by atoms with Crippen LogP contribution >= 0.6 is 11.3 Å². The summed E-state index contributed by atoms with van der Waals surface area (Å²) in [6.07, 6.45) is 0.0303. The molecule has 0 unspecified atom stereocenters. The number of benzene rings is 1. The van der Waals surface area contributed by atoms with Gasteiger partial charge in [0.05, 0.1) is 19.2 Å². The van der Waals surface area contributed by atoms with Crippen molar-refractivity contribution in [3.05, 3.63) is 45.6 Å². The lowest BCUT2D eigenvalue weighted by Gasteiger charge is -2.08. The number of esters is 1. The number of nitrogens with one attached hydrogen (secondary N) is 1. The van der Waals surface area contributed by atoms with E-state index in [4.69, 9.17) is 0 Å². The first-order valence-corrected chi connectivity index (χ1v) is 7.14. The van der Waals surface area contributed by atoms with Crippen LogP contribution in [-0.2, 0) is 16.0 Å². The molecule has 2 aromatic rings. The van der Waals surface area contributed by atoms with Crippen LogP contribution in [0.4, 0.5) is 5.69 Å². The number of thiophene rings is 1. The van der Waals surface area contributed by atoms with Crippen molar-refractivity contribution < 1.29 is 19.4 Å². The van der Waals surface area contributed by atoms with Gasteiger partial charge < -0.3 is 15.2 Å². The molecule has 5 nitrogen and oxygen atoms in total. The highest BCUT2D eigenvalue weighted by atomic mass is 32.1.